The first-order chi connectivity index (χ1) is 8.30. The van der Waals surface area contributed by atoms with Crippen LogP contribution >= 0.6 is 20.4 Å². The maximum absolute atomic E-state index is 14.3. The van der Waals surface area contributed by atoms with E-state index in [-0.39, 0.29) is 5.41 Å². The van der Waals surface area contributed by atoms with E-state index < -0.39 is 26.4 Å². The van der Waals surface area contributed by atoms with Crippen molar-refractivity contribution in [1.29, 1.82) is 0 Å². The molecule has 0 aliphatic carbocycles. The fraction of sp³-hybridized carbons (Fsp3) is 0.357. The molecule has 0 aromatic heterocycles. The van der Waals surface area contributed by atoms with Crippen molar-refractivity contribution in [2.75, 3.05) is 0 Å². The van der Waals surface area contributed by atoms with Crippen LogP contribution in [0, 0.1) is 8.99 Å². The molecule has 18 heavy (non-hydrogen) atoms. The molecular weight excluding hydrogens is 346 g/mol. The molecule has 1 aromatic rings. The van der Waals surface area contributed by atoms with Gasteiger partial charge in [0.15, 0.2) is 0 Å². The molecule has 100 valence electrons. The summed E-state index contributed by atoms with van der Waals surface area (Å²) in [7, 11) is 0. The van der Waals surface area contributed by atoms with Crippen LogP contribution < -0.4 is 0 Å². The van der Waals surface area contributed by atoms with Gasteiger partial charge in [0.05, 0.1) is 0 Å². The minimum absolute atomic E-state index is 0.373. The van der Waals surface area contributed by atoms with Gasteiger partial charge in [0, 0.05) is 0 Å². The molecule has 0 N–H and O–H groups in total. The van der Waals surface area contributed by atoms with Crippen LogP contribution in [0.3, 0.4) is 0 Å². The van der Waals surface area contributed by atoms with Crippen LogP contribution in [-0.4, -0.2) is 5.97 Å². The number of hydrogen-bond acceptors (Lipinski definition) is 2. The Hall–Kier alpha value is -0.910. The first-order valence-electron chi connectivity index (χ1n) is 5.61. The molecule has 2 nitrogen and oxygen atoms in total. The SMILES string of the molecule is CC(=O)O/C(=C\I(F)c1ccccc1)C(C)(C)C. The second kappa shape index (κ2) is 6.31. The third-order valence-electron chi connectivity index (χ3n) is 2.13. The van der Waals surface area contributed by atoms with Gasteiger partial charge in [-0.15, -0.1) is 0 Å². The van der Waals surface area contributed by atoms with Crippen molar-refractivity contribution in [1.82, 2.24) is 0 Å². The number of hydrogen-bond donors (Lipinski definition) is 0. The number of allylic oxidation sites excluding steroid dienone is 1. The molecule has 0 unspecified atom stereocenters. The van der Waals surface area contributed by atoms with Crippen LogP contribution in [0.2, 0.25) is 0 Å². The molecule has 4 heteroatoms. The molecule has 0 saturated carbocycles. The first-order valence-corrected chi connectivity index (χ1v) is 8.75. The molecule has 0 atom stereocenters. The predicted molar refractivity (Wildman–Crippen MR) is 79.6 cm³/mol. The van der Waals surface area contributed by atoms with E-state index in [1.165, 1.54) is 11.0 Å². The van der Waals surface area contributed by atoms with Crippen molar-refractivity contribution in [2.45, 2.75) is 27.7 Å². The van der Waals surface area contributed by atoms with E-state index in [9.17, 15) is 7.65 Å². The third kappa shape index (κ3) is 4.76. The zero-order valence-electron chi connectivity index (χ0n) is 11.0. The van der Waals surface area contributed by atoms with Crippen molar-refractivity contribution in [3.8, 4) is 0 Å². The number of halogens is 2. The molecule has 1 aromatic carbocycles. The molecule has 1 rings (SSSR count). The second-order valence-electron chi connectivity index (χ2n) is 4.88. The van der Waals surface area contributed by atoms with E-state index in [0.717, 1.165) is 0 Å². The van der Waals surface area contributed by atoms with Crippen molar-refractivity contribution in [3.63, 3.8) is 0 Å². The monoisotopic (exact) mass is 364 g/mol. The molecule has 0 amide bonds. The average Bonchev–Trinajstić information content (AvgIpc) is 2.27. The molecule has 0 fully saturated rings. The summed E-state index contributed by atoms with van der Waals surface area (Å²) in [6.07, 6.45) is 0. The Morgan fingerprint density at radius 1 is 1.28 bits per heavy atom. The second-order valence-corrected chi connectivity index (χ2v) is 8.25. The number of carbonyl (C=O) groups excluding carboxylic acids is 1. The Balaban J connectivity index is 2.98. The quantitative estimate of drug-likeness (QED) is 0.442. The van der Waals surface area contributed by atoms with Crippen LogP contribution in [0.4, 0.5) is 2.86 Å². The molecule has 0 heterocycles. The van der Waals surface area contributed by atoms with Gasteiger partial charge in [-0.3, -0.25) is 0 Å². The predicted octanol–water partition coefficient (Wildman–Crippen LogP) is 4.70. The molecule has 0 spiro atoms. The van der Waals surface area contributed by atoms with Gasteiger partial charge in [-0.25, -0.2) is 0 Å². The van der Waals surface area contributed by atoms with E-state index in [2.05, 4.69) is 0 Å². The zero-order chi connectivity index (χ0) is 13.8. The van der Waals surface area contributed by atoms with Crippen LogP contribution in [0.25, 0.3) is 0 Å². The topological polar surface area (TPSA) is 26.3 Å². The van der Waals surface area contributed by atoms with Gasteiger partial charge in [0.25, 0.3) is 0 Å². The van der Waals surface area contributed by atoms with Gasteiger partial charge >= 0.3 is 116 Å². The van der Waals surface area contributed by atoms with Gasteiger partial charge in [0.2, 0.25) is 0 Å². The van der Waals surface area contributed by atoms with Crippen LogP contribution in [-0.2, 0) is 9.53 Å². The number of ether oxygens (including phenoxy) is 1. The normalized spacial score (nSPS) is 13.2. The molecule has 0 aliphatic rings. The van der Waals surface area contributed by atoms with Gasteiger partial charge in [0.1, 0.15) is 0 Å². The molecule has 0 saturated heterocycles. The van der Waals surface area contributed by atoms with Crippen molar-refractivity contribution < 1.29 is 12.4 Å². The van der Waals surface area contributed by atoms with Gasteiger partial charge in [-0.2, -0.15) is 0 Å². The summed E-state index contributed by atoms with van der Waals surface area (Å²) in [5.74, 6) is 0.0139. The average molecular weight is 364 g/mol. The Morgan fingerprint density at radius 3 is 2.28 bits per heavy atom. The van der Waals surface area contributed by atoms with Crippen molar-refractivity contribution in [2.24, 2.45) is 5.41 Å². The Labute approximate surface area is 115 Å². The summed E-state index contributed by atoms with van der Waals surface area (Å²) in [6.45, 7) is 7.03. The van der Waals surface area contributed by atoms with E-state index >= 15 is 0 Å². The van der Waals surface area contributed by atoms with Crippen LogP contribution in [0.15, 0.2) is 40.2 Å². The third-order valence-corrected chi connectivity index (χ3v) is 5.15. The number of rotatable bonds is 3. The number of esters is 1. The van der Waals surface area contributed by atoms with Crippen molar-refractivity contribution in [3.05, 3.63) is 43.7 Å². The van der Waals surface area contributed by atoms with E-state index in [1.54, 1.807) is 12.1 Å². The van der Waals surface area contributed by atoms with Gasteiger partial charge < -0.3 is 0 Å². The molecule has 0 aliphatic heterocycles. The van der Waals surface area contributed by atoms with E-state index in [0.29, 0.717) is 9.33 Å². The van der Waals surface area contributed by atoms with E-state index in [1.807, 2.05) is 39.0 Å². The molecule has 0 radical (unpaired) electrons. The minimum atomic E-state index is -2.90. The summed E-state index contributed by atoms with van der Waals surface area (Å²) >= 11 is -2.90. The van der Waals surface area contributed by atoms with Crippen LogP contribution in [0.5, 0.6) is 0 Å². The van der Waals surface area contributed by atoms with Gasteiger partial charge in [-0.05, 0) is 0 Å². The zero-order valence-corrected chi connectivity index (χ0v) is 13.2. The molecule has 0 bridgehead atoms. The number of carbonyl (C=O) groups is 1. The summed E-state index contributed by atoms with van der Waals surface area (Å²) in [5, 5.41) is 0. The van der Waals surface area contributed by atoms with E-state index in [4.69, 9.17) is 4.74 Å². The fourth-order valence-corrected chi connectivity index (χ4v) is 4.20. The summed E-state index contributed by atoms with van der Waals surface area (Å²) < 4.78 is 21.6. The Morgan fingerprint density at radius 2 is 1.83 bits per heavy atom. The summed E-state index contributed by atoms with van der Waals surface area (Å²) in [4.78, 5) is 11.1. The summed E-state index contributed by atoms with van der Waals surface area (Å²) in [5.41, 5.74) is -0.373. The van der Waals surface area contributed by atoms with Crippen molar-refractivity contribution >= 4 is 26.4 Å². The first kappa shape index (κ1) is 15.1. The Bertz CT molecular complexity index is 435. The standard InChI is InChI=1S/C14H18FIO2/c1-11(17)18-13(14(2,3)4)10-16(15)12-8-6-5-7-9-12/h5-10H,1-4H3/b13-10-. The Kier molecular flexibility index (Phi) is 5.31. The maximum atomic E-state index is 14.3. The van der Waals surface area contributed by atoms with Crippen LogP contribution in [0.1, 0.15) is 27.7 Å². The fourth-order valence-electron chi connectivity index (χ4n) is 1.18. The molecular formula is C14H18FIO2. The number of benzene rings is 1. The van der Waals surface area contributed by atoms with Gasteiger partial charge in [-0.1, -0.05) is 0 Å². The summed E-state index contributed by atoms with van der Waals surface area (Å²) in [6, 6.07) is 9.03.